The molecule has 0 unspecified atom stereocenters. The summed E-state index contributed by atoms with van der Waals surface area (Å²) in [6, 6.07) is 0.347. The number of hydrogen-bond acceptors (Lipinski definition) is 6. The summed E-state index contributed by atoms with van der Waals surface area (Å²) in [5.41, 5.74) is 2.50. The van der Waals surface area contributed by atoms with Crippen molar-refractivity contribution in [3.05, 3.63) is 11.3 Å². The van der Waals surface area contributed by atoms with E-state index in [4.69, 9.17) is 14.7 Å². The van der Waals surface area contributed by atoms with Gasteiger partial charge in [-0.15, -0.1) is 0 Å². The van der Waals surface area contributed by atoms with Crippen LogP contribution in [0.15, 0.2) is 0 Å². The Morgan fingerprint density at radius 3 is 2.55 bits per heavy atom. The van der Waals surface area contributed by atoms with E-state index < -0.39 is 6.09 Å². The number of ether oxygens (including phenoxy) is 1. The standard InChI is InChI=1S/C21H35N5O3/c1-25(2)19-17-6-4-5-7-18(17)23-20(24-19)22-16-10-8-15(9-11-16)14-26(21(27)28)12-13-29-3/h15-16H,4-14H2,1-3H3,(H,27,28)(H,22,23,24)/t15-,16+. The predicted octanol–water partition coefficient (Wildman–Crippen LogP) is 3.02. The Morgan fingerprint density at radius 1 is 1.17 bits per heavy atom. The lowest BCUT2D eigenvalue weighted by Crippen LogP contribution is -2.39. The minimum Gasteiger partial charge on any atom is -0.465 e. The van der Waals surface area contributed by atoms with Gasteiger partial charge in [0.1, 0.15) is 5.82 Å². The second-order valence-electron chi connectivity index (χ2n) is 8.48. The number of amides is 1. The molecule has 0 bridgehead atoms. The van der Waals surface area contributed by atoms with Crippen molar-refractivity contribution in [1.29, 1.82) is 0 Å². The molecule has 0 atom stereocenters. The molecule has 1 fully saturated rings. The van der Waals surface area contributed by atoms with Crippen LogP contribution in [0.25, 0.3) is 0 Å². The van der Waals surface area contributed by atoms with Crippen molar-refractivity contribution in [1.82, 2.24) is 14.9 Å². The summed E-state index contributed by atoms with van der Waals surface area (Å²) in [6.45, 7) is 1.46. The van der Waals surface area contributed by atoms with Crippen LogP contribution in [0.3, 0.4) is 0 Å². The summed E-state index contributed by atoms with van der Waals surface area (Å²) in [7, 11) is 5.69. The highest BCUT2D eigenvalue weighted by Gasteiger charge is 2.26. The summed E-state index contributed by atoms with van der Waals surface area (Å²) in [4.78, 5) is 24.6. The van der Waals surface area contributed by atoms with Crippen LogP contribution in [0, 0.1) is 5.92 Å². The van der Waals surface area contributed by atoms with Crippen LogP contribution in [0.2, 0.25) is 0 Å². The van der Waals surface area contributed by atoms with E-state index in [1.54, 1.807) is 7.11 Å². The number of carbonyl (C=O) groups is 1. The lowest BCUT2D eigenvalue weighted by atomic mass is 9.85. The van der Waals surface area contributed by atoms with Gasteiger partial charge in [-0.2, -0.15) is 4.98 Å². The Bertz CT molecular complexity index is 689. The second-order valence-corrected chi connectivity index (χ2v) is 8.48. The van der Waals surface area contributed by atoms with Gasteiger partial charge >= 0.3 is 6.09 Å². The molecule has 3 rings (SSSR count). The van der Waals surface area contributed by atoms with Gasteiger partial charge in [-0.3, -0.25) is 0 Å². The van der Waals surface area contributed by atoms with Crippen molar-refractivity contribution in [3.8, 4) is 0 Å². The number of fused-ring (bicyclic) bond motifs is 1. The van der Waals surface area contributed by atoms with Gasteiger partial charge in [0, 0.05) is 45.9 Å². The topological polar surface area (TPSA) is 90.8 Å². The van der Waals surface area contributed by atoms with Crippen molar-refractivity contribution in [3.63, 3.8) is 0 Å². The third-order valence-electron chi connectivity index (χ3n) is 6.08. The van der Waals surface area contributed by atoms with Gasteiger partial charge in [0.05, 0.1) is 12.3 Å². The van der Waals surface area contributed by atoms with Crippen LogP contribution in [-0.4, -0.2) is 73.0 Å². The fourth-order valence-corrected chi connectivity index (χ4v) is 4.46. The minimum absolute atomic E-state index is 0.347. The minimum atomic E-state index is -0.860. The molecule has 29 heavy (non-hydrogen) atoms. The first kappa shape index (κ1) is 21.6. The molecule has 2 N–H and O–H groups in total. The first-order chi connectivity index (χ1) is 14.0. The Kier molecular flexibility index (Phi) is 7.52. The molecule has 1 aromatic rings. The SMILES string of the molecule is COCCN(C[C@H]1CC[C@@H](Nc2nc3c(c(N(C)C)n2)CCCC3)CC1)C(=O)O. The second kappa shape index (κ2) is 10.1. The molecular weight excluding hydrogens is 370 g/mol. The van der Waals surface area contributed by atoms with Crippen LogP contribution in [0.5, 0.6) is 0 Å². The average Bonchev–Trinajstić information content (AvgIpc) is 2.71. The summed E-state index contributed by atoms with van der Waals surface area (Å²) in [5, 5.41) is 12.9. The van der Waals surface area contributed by atoms with Crippen LogP contribution in [0.1, 0.15) is 49.8 Å². The fraction of sp³-hybridized carbons (Fsp3) is 0.762. The average molecular weight is 406 g/mol. The van der Waals surface area contributed by atoms with Crippen LogP contribution >= 0.6 is 0 Å². The molecule has 1 saturated carbocycles. The van der Waals surface area contributed by atoms with E-state index in [2.05, 4.69) is 10.2 Å². The molecule has 8 nitrogen and oxygen atoms in total. The maximum absolute atomic E-state index is 11.4. The molecule has 0 radical (unpaired) electrons. The summed E-state index contributed by atoms with van der Waals surface area (Å²) < 4.78 is 5.03. The maximum atomic E-state index is 11.4. The number of carboxylic acid groups (broad SMARTS) is 1. The molecule has 2 aliphatic rings. The van der Waals surface area contributed by atoms with Crippen molar-refractivity contribution >= 4 is 17.9 Å². The zero-order chi connectivity index (χ0) is 20.8. The number of anilines is 2. The zero-order valence-electron chi connectivity index (χ0n) is 18.0. The van der Waals surface area contributed by atoms with Gasteiger partial charge in [-0.05, 0) is 57.3 Å². The van der Waals surface area contributed by atoms with Crippen molar-refractivity contribution in [2.24, 2.45) is 5.92 Å². The van der Waals surface area contributed by atoms with Crippen LogP contribution in [-0.2, 0) is 17.6 Å². The normalized spacial score (nSPS) is 21.3. The first-order valence-corrected chi connectivity index (χ1v) is 10.8. The third-order valence-corrected chi connectivity index (χ3v) is 6.08. The number of hydrogen-bond donors (Lipinski definition) is 2. The molecule has 1 aromatic heterocycles. The fourth-order valence-electron chi connectivity index (χ4n) is 4.46. The Hall–Kier alpha value is -2.09. The summed E-state index contributed by atoms with van der Waals surface area (Å²) >= 11 is 0. The van der Waals surface area contributed by atoms with E-state index in [-0.39, 0.29) is 0 Å². The van der Waals surface area contributed by atoms with Gasteiger partial charge in [0.2, 0.25) is 5.95 Å². The molecule has 8 heteroatoms. The molecule has 0 aliphatic heterocycles. The summed E-state index contributed by atoms with van der Waals surface area (Å²) in [6.07, 6.45) is 7.71. The number of aryl methyl sites for hydroxylation is 1. The lowest BCUT2D eigenvalue weighted by Gasteiger charge is -2.32. The summed E-state index contributed by atoms with van der Waals surface area (Å²) in [5.74, 6) is 2.19. The Morgan fingerprint density at radius 2 is 1.90 bits per heavy atom. The Labute approximate surface area is 173 Å². The maximum Gasteiger partial charge on any atom is 0.407 e. The molecule has 162 valence electrons. The lowest BCUT2D eigenvalue weighted by molar-refractivity contribution is 0.105. The first-order valence-electron chi connectivity index (χ1n) is 10.8. The quantitative estimate of drug-likeness (QED) is 0.687. The van der Waals surface area contributed by atoms with Gasteiger partial charge in [-0.25, -0.2) is 9.78 Å². The van der Waals surface area contributed by atoms with E-state index in [1.165, 1.54) is 29.0 Å². The van der Waals surface area contributed by atoms with E-state index in [1.807, 2.05) is 14.1 Å². The highest BCUT2D eigenvalue weighted by atomic mass is 16.5. The highest BCUT2D eigenvalue weighted by Crippen LogP contribution is 2.30. The number of nitrogens with zero attached hydrogens (tertiary/aromatic N) is 4. The molecule has 2 aliphatic carbocycles. The molecule has 1 heterocycles. The molecular formula is C21H35N5O3. The molecule has 0 spiro atoms. The Balaban J connectivity index is 1.57. The van der Waals surface area contributed by atoms with Crippen molar-refractivity contribution < 1.29 is 14.6 Å². The van der Waals surface area contributed by atoms with Crippen LogP contribution < -0.4 is 10.2 Å². The largest absolute Gasteiger partial charge is 0.465 e. The van der Waals surface area contributed by atoms with E-state index in [9.17, 15) is 9.90 Å². The highest BCUT2D eigenvalue weighted by molar-refractivity contribution is 5.64. The van der Waals surface area contributed by atoms with Crippen molar-refractivity contribution in [2.45, 2.75) is 57.4 Å². The number of rotatable bonds is 8. The molecule has 0 saturated heterocycles. The van der Waals surface area contributed by atoms with E-state index in [0.29, 0.717) is 31.7 Å². The van der Waals surface area contributed by atoms with Gasteiger partial charge in [0.25, 0.3) is 0 Å². The van der Waals surface area contributed by atoms with E-state index in [0.717, 1.165) is 50.3 Å². The van der Waals surface area contributed by atoms with Crippen molar-refractivity contribution in [2.75, 3.05) is 51.1 Å². The van der Waals surface area contributed by atoms with Gasteiger partial charge < -0.3 is 25.0 Å². The number of nitrogens with one attached hydrogen (secondary N) is 1. The third kappa shape index (κ3) is 5.72. The molecule has 0 aromatic carbocycles. The number of methoxy groups -OCH3 is 1. The van der Waals surface area contributed by atoms with Gasteiger partial charge in [-0.1, -0.05) is 0 Å². The zero-order valence-corrected chi connectivity index (χ0v) is 18.0. The van der Waals surface area contributed by atoms with Crippen LogP contribution in [0.4, 0.5) is 16.6 Å². The molecule has 1 amide bonds. The van der Waals surface area contributed by atoms with Gasteiger partial charge in [0.15, 0.2) is 0 Å². The van der Waals surface area contributed by atoms with E-state index >= 15 is 0 Å². The monoisotopic (exact) mass is 405 g/mol. The number of aromatic nitrogens is 2. The smallest absolute Gasteiger partial charge is 0.407 e. The predicted molar refractivity (Wildman–Crippen MR) is 114 cm³/mol.